The number of esters is 2. The number of hydrogen-bond donors (Lipinski definition) is 0. The van der Waals surface area contributed by atoms with Gasteiger partial charge in [0.05, 0.1) is 0 Å². The van der Waals surface area contributed by atoms with E-state index in [0.29, 0.717) is 19.4 Å². The fourth-order valence-electron chi connectivity index (χ4n) is 5.42. The quantitative estimate of drug-likeness (QED) is 0.351. The molecule has 5 rings (SSSR count). The molecule has 2 unspecified atom stereocenters. The maximum atomic E-state index is 13.7. The molecule has 2 saturated heterocycles. The summed E-state index contributed by atoms with van der Waals surface area (Å²) in [6.07, 6.45) is 1.30. The van der Waals surface area contributed by atoms with Gasteiger partial charge in [0, 0.05) is 18.6 Å². The second-order valence-corrected chi connectivity index (χ2v) is 9.41. The van der Waals surface area contributed by atoms with E-state index in [4.69, 9.17) is 9.47 Å². The Kier molecular flexibility index (Phi) is 7.23. The van der Waals surface area contributed by atoms with Crippen molar-refractivity contribution in [1.82, 2.24) is 4.90 Å². The number of ketones is 1. The number of carbonyl (C=O) groups is 3. The van der Waals surface area contributed by atoms with Gasteiger partial charge in [-0.1, -0.05) is 91.0 Å². The summed E-state index contributed by atoms with van der Waals surface area (Å²) in [4.78, 5) is 42.4. The molecule has 2 aliphatic heterocycles. The van der Waals surface area contributed by atoms with Crippen LogP contribution in [0, 0.1) is 11.8 Å². The number of rotatable bonds is 8. The van der Waals surface area contributed by atoms with Crippen molar-refractivity contribution in [1.29, 1.82) is 0 Å². The van der Waals surface area contributed by atoms with Crippen LogP contribution >= 0.6 is 0 Å². The molecule has 6 heteroatoms. The third-order valence-electron chi connectivity index (χ3n) is 7.16. The highest BCUT2D eigenvalue weighted by molar-refractivity contribution is 6.10. The summed E-state index contributed by atoms with van der Waals surface area (Å²) in [6.45, 7) is 0.719. The number of fused-ring (bicyclic) bond motifs is 2. The van der Waals surface area contributed by atoms with E-state index in [9.17, 15) is 14.4 Å². The van der Waals surface area contributed by atoms with Crippen molar-refractivity contribution >= 4 is 17.7 Å². The fraction of sp³-hybridized carbons (Fsp3) is 0.300. The molecule has 184 valence electrons. The monoisotopic (exact) mass is 483 g/mol. The van der Waals surface area contributed by atoms with Gasteiger partial charge in [0.2, 0.25) is 0 Å². The van der Waals surface area contributed by atoms with Crippen molar-refractivity contribution in [3.63, 3.8) is 0 Å². The van der Waals surface area contributed by atoms with E-state index >= 15 is 0 Å². The molecule has 0 aliphatic carbocycles. The van der Waals surface area contributed by atoms with Crippen LogP contribution in [0.25, 0.3) is 0 Å². The first kappa shape index (κ1) is 23.9. The summed E-state index contributed by atoms with van der Waals surface area (Å²) in [5.41, 5.74) is 2.76. The summed E-state index contributed by atoms with van der Waals surface area (Å²) >= 11 is 0. The SMILES string of the molecule is O=C(OCc1ccccc1)C1C(=O)C(C(=O)OCc2ccccc2)[C@@H]2CC[C@H]1N2Cc1ccccc1. The Morgan fingerprint density at radius 3 is 1.44 bits per heavy atom. The number of hydrogen-bond acceptors (Lipinski definition) is 6. The Labute approximate surface area is 210 Å². The molecular weight excluding hydrogens is 454 g/mol. The molecule has 2 fully saturated rings. The Morgan fingerprint density at radius 2 is 1.03 bits per heavy atom. The Balaban J connectivity index is 1.38. The molecule has 4 atom stereocenters. The Hall–Kier alpha value is -3.77. The molecular formula is C30H29NO5. The number of carbonyl (C=O) groups excluding carboxylic acids is 3. The van der Waals surface area contributed by atoms with Crippen molar-refractivity contribution < 1.29 is 23.9 Å². The minimum atomic E-state index is -1.02. The van der Waals surface area contributed by atoms with E-state index < -0.39 is 23.8 Å². The van der Waals surface area contributed by atoms with Crippen LogP contribution in [0.3, 0.4) is 0 Å². The lowest BCUT2D eigenvalue weighted by atomic mass is 9.81. The van der Waals surface area contributed by atoms with Crippen molar-refractivity contribution in [3.8, 4) is 0 Å². The van der Waals surface area contributed by atoms with E-state index in [1.807, 2.05) is 91.0 Å². The van der Waals surface area contributed by atoms with Gasteiger partial charge < -0.3 is 9.47 Å². The van der Waals surface area contributed by atoms with Crippen LogP contribution in [0.15, 0.2) is 91.0 Å². The van der Waals surface area contributed by atoms with Gasteiger partial charge in [0.15, 0.2) is 5.78 Å². The smallest absolute Gasteiger partial charge is 0.318 e. The number of ether oxygens (including phenoxy) is 2. The van der Waals surface area contributed by atoms with Crippen LogP contribution in [0.4, 0.5) is 0 Å². The first-order valence-corrected chi connectivity index (χ1v) is 12.4. The predicted octanol–water partition coefficient (Wildman–Crippen LogP) is 4.32. The van der Waals surface area contributed by atoms with Crippen LogP contribution in [0.5, 0.6) is 0 Å². The largest absolute Gasteiger partial charge is 0.460 e. The molecule has 3 aromatic carbocycles. The first-order valence-electron chi connectivity index (χ1n) is 12.4. The molecule has 3 aromatic rings. The van der Waals surface area contributed by atoms with Crippen molar-refractivity contribution in [2.75, 3.05) is 0 Å². The van der Waals surface area contributed by atoms with E-state index in [-0.39, 0.29) is 31.1 Å². The van der Waals surface area contributed by atoms with Crippen LogP contribution in [0.2, 0.25) is 0 Å². The number of piperidine rings is 1. The Bertz CT molecular complexity index is 1120. The van der Waals surface area contributed by atoms with Gasteiger partial charge in [-0.2, -0.15) is 0 Å². The second-order valence-electron chi connectivity index (χ2n) is 9.41. The van der Waals surface area contributed by atoms with E-state index in [2.05, 4.69) is 4.90 Å². The summed E-state index contributed by atoms with van der Waals surface area (Å²) < 4.78 is 11.2. The number of Topliss-reactive ketones (excluding diaryl/α,β-unsaturated/α-hetero) is 1. The van der Waals surface area contributed by atoms with Gasteiger partial charge in [0.25, 0.3) is 0 Å². The molecule has 2 heterocycles. The van der Waals surface area contributed by atoms with Gasteiger partial charge >= 0.3 is 11.9 Å². The first-order chi connectivity index (χ1) is 17.6. The minimum absolute atomic E-state index is 0.0847. The molecule has 0 aromatic heterocycles. The summed E-state index contributed by atoms with van der Waals surface area (Å²) in [7, 11) is 0. The van der Waals surface area contributed by atoms with Gasteiger partial charge in [-0.05, 0) is 29.5 Å². The maximum absolute atomic E-state index is 13.7. The number of benzene rings is 3. The molecule has 0 amide bonds. The van der Waals surface area contributed by atoms with Gasteiger partial charge in [-0.3, -0.25) is 19.3 Å². The average Bonchev–Trinajstić information content (AvgIpc) is 3.22. The van der Waals surface area contributed by atoms with E-state index in [1.54, 1.807) is 0 Å². The number of nitrogens with zero attached hydrogens (tertiary/aromatic N) is 1. The third kappa shape index (κ3) is 5.09. The molecule has 0 N–H and O–H groups in total. The van der Waals surface area contributed by atoms with Crippen LogP contribution in [0.1, 0.15) is 29.5 Å². The summed E-state index contributed by atoms with van der Waals surface area (Å²) in [5, 5.41) is 0. The van der Waals surface area contributed by atoms with Crippen LogP contribution < -0.4 is 0 Å². The predicted molar refractivity (Wildman–Crippen MR) is 133 cm³/mol. The lowest BCUT2D eigenvalue weighted by Crippen LogP contribution is -2.58. The molecule has 6 nitrogen and oxygen atoms in total. The van der Waals surface area contributed by atoms with Crippen LogP contribution in [-0.2, 0) is 43.6 Å². The van der Waals surface area contributed by atoms with Crippen molar-refractivity contribution in [2.45, 2.75) is 44.7 Å². The van der Waals surface area contributed by atoms with Gasteiger partial charge in [-0.15, -0.1) is 0 Å². The van der Waals surface area contributed by atoms with Gasteiger partial charge in [-0.25, -0.2) is 0 Å². The molecule has 36 heavy (non-hydrogen) atoms. The zero-order chi connectivity index (χ0) is 24.9. The normalized spacial score (nSPS) is 23.3. The lowest BCUT2D eigenvalue weighted by Gasteiger charge is -2.41. The summed E-state index contributed by atoms with van der Waals surface area (Å²) in [6, 6.07) is 28.0. The molecule has 0 radical (unpaired) electrons. The van der Waals surface area contributed by atoms with E-state index in [0.717, 1.165) is 16.7 Å². The average molecular weight is 484 g/mol. The fourth-order valence-corrected chi connectivity index (χ4v) is 5.42. The van der Waals surface area contributed by atoms with Crippen LogP contribution in [-0.4, -0.2) is 34.7 Å². The minimum Gasteiger partial charge on any atom is -0.460 e. The highest BCUT2D eigenvalue weighted by Gasteiger charge is 2.58. The Morgan fingerprint density at radius 1 is 0.639 bits per heavy atom. The molecule has 0 spiro atoms. The highest BCUT2D eigenvalue weighted by Crippen LogP contribution is 2.42. The molecule has 2 bridgehead atoms. The maximum Gasteiger partial charge on any atom is 0.318 e. The second kappa shape index (κ2) is 10.9. The molecule has 0 saturated carbocycles. The lowest BCUT2D eigenvalue weighted by molar-refractivity contribution is -0.167. The summed E-state index contributed by atoms with van der Waals surface area (Å²) in [5.74, 6) is -3.58. The van der Waals surface area contributed by atoms with Gasteiger partial charge in [0.1, 0.15) is 25.0 Å². The zero-order valence-corrected chi connectivity index (χ0v) is 20.0. The van der Waals surface area contributed by atoms with E-state index in [1.165, 1.54) is 0 Å². The topological polar surface area (TPSA) is 72.9 Å². The highest BCUT2D eigenvalue weighted by atomic mass is 16.5. The van der Waals surface area contributed by atoms with Crippen molar-refractivity contribution in [3.05, 3.63) is 108 Å². The van der Waals surface area contributed by atoms with Crippen molar-refractivity contribution in [2.24, 2.45) is 11.8 Å². The zero-order valence-electron chi connectivity index (χ0n) is 20.0. The standard InChI is InChI=1S/C30H29NO5/c32-28-26(29(33)35-19-22-12-6-2-7-13-22)24-16-17-25(31(24)18-21-10-4-1-5-11-21)27(28)30(34)36-20-23-14-8-3-9-15-23/h1-15,24-27H,16-20H2/t24-,25+,26?,27?. The third-order valence-corrected chi connectivity index (χ3v) is 7.16. The molecule has 2 aliphatic rings.